The predicted octanol–water partition coefficient (Wildman–Crippen LogP) is 0.881. The molecule has 0 spiro atoms. The summed E-state index contributed by atoms with van der Waals surface area (Å²) >= 11 is 4.79. The van der Waals surface area contributed by atoms with Gasteiger partial charge in [-0.25, -0.2) is 14.0 Å². The number of aromatic nitrogens is 12. The lowest BCUT2D eigenvalue weighted by atomic mass is 10.2. The first kappa shape index (κ1) is 64.2. The first-order valence-electron chi connectivity index (χ1n) is 17.7. The molecule has 0 aliphatic heterocycles. The number of thiocarbonyl (C=S) groups is 1. The number of esters is 4. The summed E-state index contributed by atoms with van der Waals surface area (Å²) in [6.45, 7) is 16.6. The van der Waals surface area contributed by atoms with Gasteiger partial charge in [-0.05, 0) is 105 Å². The zero-order valence-corrected chi connectivity index (χ0v) is 36.8. The van der Waals surface area contributed by atoms with Crippen LogP contribution < -0.4 is 5.73 Å². The molecule has 0 bridgehead atoms. The minimum atomic E-state index is -0.949. The summed E-state index contributed by atoms with van der Waals surface area (Å²) in [6.07, 6.45) is 1.58. The summed E-state index contributed by atoms with van der Waals surface area (Å²) in [6, 6.07) is 0. The molecule has 0 aliphatic rings. The summed E-state index contributed by atoms with van der Waals surface area (Å²) in [4.78, 5) is 73.6. The molecule has 3 heterocycles. The predicted molar refractivity (Wildman–Crippen MR) is 220 cm³/mol. The number of nitrogens with zero attached hydrogens (tertiary/aromatic N) is 12. The van der Waals surface area contributed by atoms with Gasteiger partial charge in [0.2, 0.25) is 0 Å². The van der Waals surface area contributed by atoms with E-state index in [4.69, 9.17) is 37.6 Å². The number of carbonyl (C=O) groups is 7. The number of aliphatic carboxylic acids is 2. The van der Waals surface area contributed by atoms with Crippen molar-refractivity contribution in [3.63, 3.8) is 0 Å². The summed E-state index contributed by atoms with van der Waals surface area (Å²) in [5, 5.41) is 47.6. The van der Waals surface area contributed by atoms with Crippen LogP contribution in [0.1, 0.15) is 92.1 Å². The van der Waals surface area contributed by atoms with E-state index in [9.17, 15) is 33.6 Å². The van der Waals surface area contributed by atoms with Gasteiger partial charge < -0.3 is 39.7 Å². The van der Waals surface area contributed by atoms with E-state index in [1.807, 2.05) is 6.92 Å². The van der Waals surface area contributed by atoms with E-state index in [1.54, 1.807) is 48.5 Å². The van der Waals surface area contributed by atoms with Crippen LogP contribution in [0.5, 0.6) is 0 Å². The number of tetrazole rings is 3. The number of hydrogen-bond acceptors (Lipinski definition) is 22. The maximum absolute atomic E-state index is 10.9. The number of Topliss-reactive ketones (excluding diaryl/α,β-unsaturated/α-hetero) is 1. The van der Waals surface area contributed by atoms with Crippen LogP contribution >= 0.6 is 24.6 Å². The highest BCUT2D eigenvalue weighted by molar-refractivity contribution is 7.80. The molecular formula is C33H60ClN13O13S. The second kappa shape index (κ2) is 40.8. The average Bonchev–Trinajstić information content (AvgIpc) is 3.88. The minimum Gasteiger partial charge on any atom is -0.480 e. The number of halogens is 1. The van der Waals surface area contributed by atoms with E-state index in [1.165, 1.54) is 21.0 Å². The summed E-state index contributed by atoms with van der Waals surface area (Å²) in [5.41, 5.74) is 4.88. The fourth-order valence-corrected chi connectivity index (χ4v) is 3.12. The van der Waals surface area contributed by atoms with Gasteiger partial charge in [-0.15, -0.1) is 27.7 Å². The average molecular weight is 914 g/mol. The fourth-order valence-electron chi connectivity index (χ4n) is 3.01. The van der Waals surface area contributed by atoms with E-state index in [-0.39, 0.29) is 82.1 Å². The second-order valence-corrected chi connectivity index (χ2v) is 11.5. The van der Waals surface area contributed by atoms with Crippen LogP contribution in [0.15, 0.2) is 0 Å². The minimum absolute atomic E-state index is 0. The van der Waals surface area contributed by atoms with Crippen molar-refractivity contribution in [3.8, 4) is 0 Å². The highest BCUT2D eigenvalue weighted by Crippen LogP contribution is 1.95. The number of hydrogen-bond donors (Lipinski definition) is 3. The van der Waals surface area contributed by atoms with Crippen LogP contribution in [0.4, 0.5) is 0 Å². The standard InChI is InChI=1S/C7H12O3.C7H12O2S.C6H10N4O2.2C4H6N4O2.C4H9NO2.CH4.ClH/c1-3-10-7(9)5-4-6(2)8;1-3-9-7(8)5-4-6(2)10;1-3-12-6(11)4-10-5(2)7-8-9-10;2*1-3-5-6-7-8(3)2-4(9)10;1-2-7-4(6)3-5;;/h2*3-5H2,1-2H3;3-4H2,1-2H3;2*2H2,1H3,(H,9,10);2-3,5H2,1H3;1H4;1H. The number of aryl methyl sites for hydroxylation is 3. The molecule has 0 fully saturated rings. The number of nitrogens with two attached hydrogens (primary N) is 1. The first-order valence-corrected chi connectivity index (χ1v) is 18.1. The Hall–Kier alpha value is -5.96. The number of ether oxygens (including phenoxy) is 4. The molecule has 348 valence electrons. The van der Waals surface area contributed by atoms with Crippen molar-refractivity contribution < 1.29 is 62.7 Å². The van der Waals surface area contributed by atoms with Crippen LogP contribution in [0.2, 0.25) is 0 Å². The monoisotopic (exact) mass is 913 g/mol. The molecule has 0 amide bonds. The van der Waals surface area contributed by atoms with Gasteiger partial charge >= 0.3 is 35.8 Å². The largest absolute Gasteiger partial charge is 0.480 e. The van der Waals surface area contributed by atoms with Crippen LogP contribution in [-0.2, 0) is 72.1 Å². The van der Waals surface area contributed by atoms with Gasteiger partial charge in [0.1, 0.15) is 42.9 Å². The quantitative estimate of drug-likeness (QED) is 0.0961. The molecule has 26 nitrogen and oxygen atoms in total. The fraction of sp³-hybridized carbons (Fsp3) is 0.667. The van der Waals surface area contributed by atoms with Gasteiger partial charge in [0.05, 0.1) is 45.8 Å². The van der Waals surface area contributed by atoms with Gasteiger partial charge in [0.15, 0.2) is 0 Å². The molecule has 0 saturated carbocycles. The second-order valence-electron chi connectivity index (χ2n) is 10.8. The first-order chi connectivity index (χ1) is 27.8. The molecule has 4 N–H and O–H groups in total. The Bertz CT molecular complexity index is 1620. The lowest BCUT2D eigenvalue weighted by Gasteiger charge is -2.00. The molecular weight excluding hydrogens is 854 g/mol. The summed E-state index contributed by atoms with van der Waals surface area (Å²) < 4.78 is 22.2. The smallest absolute Gasteiger partial charge is 0.327 e. The molecule has 61 heavy (non-hydrogen) atoms. The summed E-state index contributed by atoms with van der Waals surface area (Å²) in [5.74, 6) is -1.40. The molecule has 0 unspecified atom stereocenters. The Kier molecular flexibility index (Phi) is 42.9. The van der Waals surface area contributed by atoms with Crippen molar-refractivity contribution in [1.29, 1.82) is 0 Å². The SMILES string of the molecule is C.CCOC(=O)CCC(C)=O.CCOC(=O)CCC(C)=S.CCOC(=O)CN.CCOC(=O)Cn1nnnc1C.Cc1nnnn1CC(=O)O.Cc1nnnn1CC(=O)O.Cl. The van der Waals surface area contributed by atoms with E-state index in [0.29, 0.717) is 63.2 Å². The van der Waals surface area contributed by atoms with Crippen LogP contribution in [0, 0.1) is 20.8 Å². The lowest BCUT2D eigenvalue weighted by Crippen LogP contribution is -2.16. The number of carboxylic acid groups (broad SMARTS) is 2. The van der Waals surface area contributed by atoms with Crippen molar-refractivity contribution in [3.05, 3.63) is 17.5 Å². The molecule has 3 aromatic heterocycles. The van der Waals surface area contributed by atoms with Gasteiger partial charge in [-0.1, -0.05) is 19.6 Å². The molecule has 3 aromatic rings. The third-order valence-electron chi connectivity index (χ3n) is 5.73. The topological polar surface area (TPSA) is 354 Å². The van der Waals surface area contributed by atoms with Crippen LogP contribution in [0.3, 0.4) is 0 Å². The number of rotatable bonds is 17. The zero-order valence-electron chi connectivity index (χ0n) is 35.1. The molecule has 3 rings (SSSR count). The molecule has 0 aromatic carbocycles. The molecule has 0 radical (unpaired) electrons. The van der Waals surface area contributed by atoms with Crippen molar-refractivity contribution in [2.75, 3.05) is 33.0 Å². The Balaban J connectivity index is -0.000000206. The third-order valence-corrected chi connectivity index (χ3v) is 5.94. The van der Waals surface area contributed by atoms with E-state index in [0.717, 1.165) is 4.86 Å². The van der Waals surface area contributed by atoms with Crippen LogP contribution in [0.25, 0.3) is 0 Å². The van der Waals surface area contributed by atoms with Gasteiger partial charge in [-0.2, -0.15) is 0 Å². The van der Waals surface area contributed by atoms with E-state index < -0.39 is 11.9 Å². The summed E-state index contributed by atoms with van der Waals surface area (Å²) in [7, 11) is 0. The van der Waals surface area contributed by atoms with Crippen molar-refractivity contribution >= 4 is 71.1 Å². The Morgan fingerprint density at radius 3 is 1.11 bits per heavy atom. The van der Waals surface area contributed by atoms with Crippen molar-refractivity contribution in [1.82, 2.24) is 60.6 Å². The Labute approximate surface area is 365 Å². The molecule has 0 atom stereocenters. The van der Waals surface area contributed by atoms with Gasteiger partial charge in [-0.3, -0.25) is 28.8 Å². The number of carbonyl (C=O) groups excluding carboxylic acids is 5. The maximum atomic E-state index is 10.9. The zero-order chi connectivity index (χ0) is 45.8. The lowest BCUT2D eigenvalue weighted by molar-refractivity contribution is -0.144. The molecule has 28 heteroatoms. The normalized spacial score (nSPS) is 9.02. The Morgan fingerprint density at radius 2 is 0.869 bits per heavy atom. The highest BCUT2D eigenvalue weighted by atomic mass is 35.5. The highest BCUT2D eigenvalue weighted by Gasteiger charge is 2.07. The van der Waals surface area contributed by atoms with E-state index >= 15 is 0 Å². The third kappa shape index (κ3) is 40.6. The number of ketones is 1. The van der Waals surface area contributed by atoms with Gasteiger partial charge in [0, 0.05) is 6.42 Å². The molecule has 0 saturated heterocycles. The number of carboxylic acids is 2. The van der Waals surface area contributed by atoms with Crippen LogP contribution in [-0.4, -0.2) is 150 Å². The molecule has 0 aliphatic carbocycles. The van der Waals surface area contributed by atoms with Crippen molar-refractivity contribution in [2.24, 2.45) is 5.73 Å². The Morgan fingerprint density at radius 1 is 0.557 bits per heavy atom. The maximum Gasteiger partial charge on any atom is 0.327 e. The van der Waals surface area contributed by atoms with Crippen molar-refractivity contribution in [2.45, 2.75) is 115 Å². The van der Waals surface area contributed by atoms with Gasteiger partial charge in [0.25, 0.3) is 0 Å². The van der Waals surface area contributed by atoms with E-state index in [2.05, 4.69) is 56.1 Å².